The minimum Gasteiger partial charge on any atom is -0.496 e. The molecule has 1 atom stereocenters. The van der Waals surface area contributed by atoms with Crippen LogP contribution in [0.25, 0.3) is 11.0 Å². The third-order valence-electron chi connectivity index (χ3n) is 9.69. The minimum absolute atomic E-state index is 0.183. The fourth-order valence-corrected chi connectivity index (χ4v) is 7.15. The second-order valence-corrected chi connectivity index (χ2v) is 12.6. The van der Waals surface area contributed by atoms with Gasteiger partial charge in [0.1, 0.15) is 11.6 Å². The Kier molecular flexibility index (Phi) is 10.2. The standard InChI is InChI=1S/C37H46FN5O3/c1-3-46-26-25-43-33-11-6-5-10-32(33)39-36(43)41-20-8-19-40(23-24-41)21-17-37(27-29-13-15-31(38)16-14-29)18-22-42(35(37)44)28-30-9-4-7-12-34(30)45-2/h4-7,9-16H,3,8,17-28H2,1-2H3. The van der Waals surface area contributed by atoms with E-state index in [0.29, 0.717) is 32.7 Å². The van der Waals surface area contributed by atoms with Crippen LogP contribution in [0.15, 0.2) is 72.8 Å². The number of nitrogens with zero attached hydrogens (tertiary/aromatic N) is 5. The maximum atomic E-state index is 14.3. The molecule has 1 unspecified atom stereocenters. The Bertz CT molecular complexity index is 1610. The monoisotopic (exact) mass is 627 g/mol. The van der Waals surface area contributed by atoms with Crippen molar-refractivity contribution in [1.29, 1.82) is 0 Å². The first-order valence-electron chi connectivity index (χ1n) is 16.7. The molecule has 46 heavy (non-hydrogen) atoms. The molecule has 0 radical (unpaired) electrons. The lowest BCUT2D eigenvalue weighted by molar-refractivity contribution is -0.137. The van der Waals surface area contributed by atoms with Crippen molar-refractivity contribution in [1.82, 2.24) is 19.4 Å². The third-order valence-corrected chi connectivity index (χ3v) is 9.69. The van der Waals surface area contributed by atoms with Crippen LogP contribution in [-0.4, -0.2) is 84.9 Å². The number of hydrogen-bond donors (Lipinski definition) is 0. The molecule has 1 aromatic heterocycles. The summed E-state index contributed by atoms with van der Waals surface area (Å²) in [6, 6.07) is 22.9. The molecule has 0 spiro atoms. The predicted molar refractivity (Wildman–Crippen MR) is 180 cm³/mol. The van der Waals surface area contributed by atoms with Crippen LogP contribution >= 0.6 is 0 Å². The van der Waals surface area contributed by atoms with E-state index in [2.05, 4.69) is 32.6 Å². The average molecular weight is 628 g/mol. The Labute approximate surface area is 271 Å². The molecule has 0 saturated carbocycles. The van der Waals surface area contributed by atoms with Gasteiger partial charge in [-0.15, -0.1) is 0 Å². The molecule has 3 heterocycles. The molecule has 9 heteroatoms. The third kappa shape index (κ3) is 7.05. The Morgan fingerprint density at radius 3 is 2.54 bits per heavy atom. The lowest BCUT2D eigenvalue weighted by Gasteiger charge is -2.31. The summed E-state index contributed by atoms with van der Waals surface area (Å²) in [5.41, 5.74) is 3.63. The number of carbonyl (C=O) groups excluding carboxylic acids is 1. The molecular weight excluding hydrogens is 581 g/mol. The van der Waals surface area contributed by atoms with Gasteiger partial charge in [-0.05, 0) is 81.6 Å². The summed E-state index contributed by atoms with van der Waals surface area (Å²) in [5.74, 6) is 1.73. The minimum atomic E-state index is -0.529. The molecule has 0 bridgehead atoms. The molecule has 0 N–H and O–H groups in total. The molecule has 8 nitrogen and oxygen atoms in total. The van der Waals surface area contributed by atoms with Gasteiger partial charge < -0.3 is 28.7 Å². The Balaban J connectivity index is 1.16. The van der Waals surface area contributed by atoms with Gasteiger partial charge >= 0.3 is 0 Å². The zero-order valence-electron chi connectivity index (χ0n) is 27.2. The van der Waals surface area contributed by atoms with Crippen molar-refractivity contribution in [2.45, 2.75) is 45.7 Å². The van der Waals surface area contributed by atoms with E-state index in [0.717, 1.165) is 92.4 Å². The van der Waals surface area contributed by atoms with E-state index in [4.69, 9.17) is 14.5 Å². The topological polar surface area (TPSA) is 63.1 Å². The number of fused-ring (bicyclic) bond motifs is 1. The van der Waals surface area contributed by atoms with Gasteiger partial charge in [0.15, 0.2) is 0 Å². The maximum Gasteiger partial charge on any atom is 0.229 e. The second-order valence-electron chi connectivity index (χ2n) is 12.6. The molecule has 4 aromatic rings. The molecular formula is C37H46FN5O3. The van der Waals surface area contributed by atoms with Crippen molar-refractivity contribution >= 4 is 22.9 Å². The number of likely N-dealkylation sites (tertiary alicyclic amines) is 1. The number of ether oxygens (including phenoxy) is 2. The number of methoxy groups -OCH3 is 1. The van der Waals surface area contributed by atoms with Gasteiger partial charge in [-0.25, -0.2) is 9.37 Å². The van der Waals surface area contributed by atoms with Gasteiger partial charge in [-0.2, -0.15) is 0 Å². The fourth-order valence-electron chi connectivity index (χ4n) is 7.15. The van der Waals surface area contributed by atoms with E-state index >= 15 is 0 Å². The Hall–Kier alpha value is -3.95. The van der Waals surface area contributed by atoms with Crippen molar-refractivity contribution in [2.75, 3.05) is 64.5 Å². The van der Waals surface area contributed by atoms with Gasteiger partial charge in [0, 0.05) is 51.4 Å². The first kappa shape index (κ1) is 32.0. The Morgan fingerprint density at radius 1 is 0.913 bits per heavy atom. The van der Waals surface area contributed by atoms with Gasteiger partial charge in [0.05, 0.1) is 30.2 Å². The molecule has 0 aliphatic carbocycles. The van der Waals surface area contributed by atoms with Crippen LogP contribution in [0, 0.1) is 11.2 Å². The van der Waals surface area contributed by atoms with E-state index in [1.807, 2.05) is 54.3 Å². The quantitative estimate of drug-likeness (QED) is 0.175. The zero-order valence-corrected chi connectivity index (χ0v) is 27.2. The molecule has 244 valence electrons. The number of para-hydroxylation sites is 3. The van der Waals surface area contributed by atoms with Gasteiger partial charge in [0.25, 0.3) is 0 Å². The van der Waals surface area contributed by atoms with E-state index in [9.17, 15) is 9.18 Å². The number of hydrogen-bond acceptors (Lipinski definition) is 6. The molecule has 6 rings (SSSR count). The number of benzene rings is 3. The van der Waals surface area contributed by atoms with Crippen LogP contribution < -0.4 is 9.64 Å². The predicted octanol–water partition coefficient (Wildman–Crippen LogP) is 5.78. The van der Waals surface area contributed by atoms with Crippen LogP contribution in [0.2, 0.25) is 0 Å². The summed E-state index contributed by atoms with van der Waals surface area (Å²) >= 11 is 0. The van der Waals surface area contributed by atoms with Crippen molar-refractivity contribution < 1.29 is 18.7 Å². The van der Waals surface area contributed by atoms with E-state index in [1.165, 1.54) is 12.1 Å². The first-order chi connectivity index (χ1) is 22.5. The number of halogens is 1. The average Bonchev–Trinajstić information content (AvgIpc) is 3.47. The van der Waals surface area contributed by atoms with Gasteiger partial charge in [-0.1, -0.05) is 42.5 Å². The summed E-state index contributed by atoms with van der Waals surface area (Å²) < 4.78 is 27.4. The van der Waals surface area contributed by atoms with Crippen LogP contribution in [0.3, 0.4) is 0 Å². The zero-order chi connectivity index (χ0) is 31.9. The normalized spacial score (nSPS) is 19.2. The highest BCUT2D eigenvalue weighted by Gasteiger charge is 2.46. The molecule has 2 aliphatic heterocycles. The van der Waals surface area contributed by atoms with Crippen molar-refractivity contribution in [2.24, 2.45) is 5.41 Å². The lowest BCUT2D eigenvalue weighted by atomic mass is 9.77. The number of anilines is 1. The number of imidazole rings is 1. The summed E-state index contributed by atoms with van der Waals surface area (Å²) in [7, 11) is 1.67. The molecule has 2 aliphatic rings. The summed E-state index contributed by atoms with van der Waals surface area (Å²) in [6.07, 6.45) is 3.17. The van der Waals surface area contributed by atoms with Crippen LogP contribution in [-0.2, 0) is 29.0 Å². The molecule has 1 amide bonds. The van der Waals surface area contributed by atoms with Crippen molar-refractivity contribution in [3.05, 3.63) is 89.7 Å². The van der Waals surface area contributed by atoms with E-state index in [-0.39, 0.29) is 11.7 Å². The van der Waals surface area contributed by atoms with Crippen molar-refractivity contribution in [3.8, 4) is 5.75 Å². The van der Waals surface area contributed by atoms with E-state index < -0.39 is 5.41 Å². The van der Waals surface area contributed by atoms with Crippen molar-refractivity contribution in [3.63, 3.8) is 0 Å². The Morgan fingerprint density at radius 2 is 1.72 bits per heavy atom. The largest absolute Gasteiger partial charge is 0.496 e. The maximum absolute atomic E-state index is 14.3. The highest BCUT2D eigenvalue weighted by atomic mass is 19.1. The fraction of sp³-hybridized carbons (Fsp3) is 0.459. The number of amides is 1. The molecule has 3 aromatic carbocycles. The lowest BCUT2D eigenvalue weighted by Crippen LogP contribution is -2.40. The summed E-state index contributed by atoms with van der Waals surface area (Å²) in [5, 5.41) is 0. The smallest absolute Gasteiger partial charge is 0.229 e. The molecule has 2 saturated heterocycles. The SMILES string of the molecule is CCOCCn1c(N2CCCN(CCC3(Cc4ccc(F)cc4)CCN(Cc4ccccc4OC)C3=O)CC2)nc2ccccc21. The summed E-state index contributed by atoms with van der Waals surface area (Å²) in [4.78, 5) is 26.2. The highest BCUT2D eigenvalue weighted by Crippen LogP contribution is 2.40. The van der Waals surface area contributed by atoms with Crippen LogP contribution in [0.4, 0.5) is 10.3 Å². The summed E-state index contributed by atoms with van der Waals surface area (Å²) in [6.45, 7) is 9.89. The van der Waals surface area contributed by atoms with E-state index in [1.54, 1.807) is 7.11 Å². The van der Waals surface area contributed by atoms with Gasteiger partial charge in [0.2, 0.25) is 11.9 Å². The number of aromatic nitrogens is 2. The second kappa shape index (κ2) is 14.6. The van der Waals surface area contributed by atoms with Gasteiger partial charge in [-0.3, -0.25) is 4.79 Å². The van der Waals surface area contributed by atoms with Crippen LogP contribution in [0.5, 0.6) is 5.75 Å². The first-order valence-corrected chi connectivity index (χ1v) is 16.7. The molecule has 2 fully saturated rings. The van der Waals surface area contributed by atoms with Crippen LogP contribution in [0.1, 0.15) is 37.3 Å². The highest BCUT2D eigenvalue weighted by molar-refractivity contribution is 5.85. The number of carbonyl (C=O) groups is 1. The number of rotatable bonds is 13.